The maximum absolute atomic E-state index is 12.8. The number of rotatable bonds is 7. The van der Waals surface area contributed by atoms with E-state index in [0.29, 0.717) is 5.56 Å². The first kappa shape index (κ1) is 22.0. The van der Waals surface area contributed by atoms with E-state index in [-0.39, 0.29) is 16.1 Å². The SMILES string of the molecule is C[C@@H](c1cccc([N+](=O)[O-])c1)N(C)C(=O)CN(C)S(=O)(=O)c1ccccc1C#N. The summed E-state index contributed by atoms with van der Waals surface area (Å²) < 4.78 is 26.4. The molecule has 2 aromatic carbocycles. The first-order valence-corrected chi connectivity index (χ1v) is 9.99. The average Bonchev–Trinajstić information content (AvgIpc) is 2.72. The minimum Gasteiger partial charge on any atom is -0.338 e. The van der Waals surface area contributed by atoms with Gasteiger partial charge in [0.15, 0.2) is 0 Å². The van der Waals surface area contributed by atoms with Crippen LogP contribution in [-0.4, -0.2) is 49.1 Å². The number of hydrogen-bond donors (Lipinski definition) is 0. The molecule has 0 radical (unpaired) electrons. The van der Waals surface area contributed by atoms with E-state index in [0.717, 1.165) is 4.31 Å². The molecule has 152 valence electrons. The fourth-order valence-electron chi connectivity index (χ4n) is 2.68. The Kier molecular flexibility index (Phi) is 6.68. The number of benzene rings is 2. The van der Waals surface area contributed by atoms with Crippen molar-refractivity contribution in [3.63, 3.8) is 0 Å². The van der Waals surface area contributed by atoms with Crippen LogP contribution >= 0.6 is 0 Å². The highest BCUT2D eigenvalue weighted by Crippen LogP contribution is 2.24. The van der Waals surface area contributed by atoms with Crippen molar-refractivity contribution in [2.45, 2.75) is 17.9 Å². The molecule has 0 N–H and O–H groups in total. The number of amides is 1. The van der Waals surface area contributed by atoms with E-state index < -0.39 is 33.4 Å². The maximum Gasteiger partial charge on any atom is 0.269 e. The third kappa shape index (κ3) is 4.77. The molecule has 9 nitrogen and oxygen atoms in total. The summed E-state index contributed by atoms with van der Waals surface area (Å²) >= 11 is 0. The average molecular weight is 416 g/mol. The summed E-state index contributed by atoms with van der Waals surface area (Å²) in [6, 6.07) is 13.0. The van der Waals surface area contributed by atoms with Gasteiger partial charge in [0.2, 0.25) is 15.9 Å². The van der Waals surface area contributed by atoms with Gasteiger partial charge in [0, 0.05) is 26.2 Å². The molecule has 1 amide bonds. The molecule has 0 aliphatic rings. The molecule has 0 unspecified atom stereocenters. The Morgan fingerprint density at radius 2 is 1.86 bits per heavy atom. The monoisotopic (exact) mass is 416 g/mol. The van der Waals surface area contributed by atoms with E-state index in [1.165, 1.54) is 55.4 Å². The molecule has 0 saturated heterocycles. The van der Waals surface area contributed by atoms with E-state index in [9.17, 15) is 23.3 Å². The number of non-ortho nitro benzene ring substituents is 1. The topological polar surface area (TPSA) is 125 Å². The van der Waals surface area contributed by atoms with Gasteiger partial charge in [0.25, 0.3) is 5.69 Å². The lowest BCUT2D eigenvalue weighted by Crippen LogP contribution is -2.40. The van der Waals surface area contributed by atoms with Crippen LogP contribution in [-0.2, 0) is 14.8 Å². The van der Waals surface area contributed by atoms with Gasteiger partial charge in [-0.3, -0.25) is 14.9 Å². The highest BCUT2D eigenvalue weighted by Gasteiger charge is 2.28. The van der Waals surface area contributed by atoms with Crippen LogP contribution in [0.3, 0.4) is 0 Å². The number of likely N-dealkylation sites (N-methyl/N-ethyl adjacent to an activating group) is 2. The molecule has 0 aliphatic carbocycles. The van der Waals surface area contributed by atoms with Crippen LogP contribution in [0.4, 0.5) is 5.69 Å². The van der Waals surface area contributed by atoms with Crippen molar-refractivity contribution in [2.75, 3.05) is 20.6 Å². The van der Waals surface area contributed by atoms with Gasteiger partial charge < -0.3 is 4.90 Å². The lowest BCUT2D eigenvalue weighted by molar-refractivity contribution is -0.384. The van der Waals surface area contributed by atoms with Crippen LogP contribution in [0.2, 0.25) is 0 Å². The van der Waals surface area contributed by atoms with Gasteiger partial charge in [-0.05, 0) is 24.6 Å². The van der Waals surface area contributed by atoms with Gasteiger partial charge in [-0.2, -0.15) is 9.57 Å². The third-order valence-electron chi connectivity index (χ3n) is 4.59. The number of nitro groups is 1. The van der Waals surface area contributed by atoms with Crippen LogP contribution < -0.4 is 0 Å². The lowest BCUT2D eigenvalue weighted by atomic mass is 10.1. The van der Waals surface area contributed by atoms with Crippen molar-refractivity contribution in [1.29, 1.82) is 5.26 Å². The van der Waals surface area contributed by atoms with Gasteiger partial charge in [-0.25, -0.2) is 8.42 Å². The number of nitriles is 1. The number of nitro benzene ring substituents is 1. The summed E-state index contributed by atoms with van der Waals surface area (Å²) in [5, 5.41) is 20.1. The molecular formula is C19H20N4O5S. The minimum atomic E-state index is -4.04. The molecule has 0 saturated carbocycles. The van der Waals surface area contributed by atoms with Gasteiger partial charge in [0.1, 0.15) is 6.07 Å². The Morgan fingerprint density at radius 1 is 1.21 bits per heavy atom. The van der Waals surface area contributed by atoms with E-state index in [1.54, 1.807) is 19.1 Å². The molecule has 0 spiro atoms. The van der Waals surface area contributed by atoms with Crippen LogP contribution in [0.5, 0.6) is 0 Å². The zero-order chi connectivity index (χ0) is 21.8. The maximum atomic E-state index is 12.8. The number of carbonyl (C=O) groups excluding carboxylic acids is 1. The van der Waals surface area contributed by atoms with E-state index in [4.69, 9.17) is 5.26 Å². The van der Waals surface area contributed by atoms with Crippen molar-refractivity contribution >= 4 is 21.6 Å². The van der Waals surface area contributed by atoms with Gasteiger partial charge in [-0.1, -0.05) is 24.3 Å². The highest BCUT2D eigenvalue weighted by atomic mass is 32.2. The number of hydrogen-bond acceptors (Lipinski definition) is 6. The predicted octanol–water partition coefficient (Wildman–Crippen LogP) is 2.31. The molecule has 10 heteroatoms. The fourth-order valence-corrected chi connectivity index (χ4v) is 3.93. The summed E-state index contributed by atoms with van der Waals surface area (Å²) in [5.41, 5.74) is 0.448. The van der Waals surface area contributed by atoms with E-state index in [2.05, 4.69) is 0 Å². The quantitative estimate of drug-likeness (QED) is 0.504. The fraction of sp³-hybridized carbons (Fsp3) is 0.263. The number of carbonyl (C=O) groups is 1. The van der Waals surface area contributed by atoms with Crippen LogP contribution in [0, 0.1) is 21.4 Å². The summed E-state index contributed by atoms with van der Waals surface area (Å²) in [5.74, 6) is -0.496. The molecule has 0 fully saturated rings. The van der Waals surface area contributed by atoms with Gasteiger partial charge in [0.05, 0.1) is 28.0 Å². The standard InChI is InChI=1S/C19H20N4O5S/c1-14(15-8-6-9-17(11-15)23(25)26)22(3)19(24)13-21(2)29(27,28)18-10-5-4-7-16(18)12-20/h4-11,14H,13H2,1-3H3/t14-/m0/s1. The van der Waals surface area contributed by atoms with Crippen molar-refractivity contribution in [1.82, 2.24) is 9.21 Å². The van der Waals surface area contributed by atoms with Crippen LogP contribution in [0.1, 0.15) is 24.1 Å². The summed E-state index contributed by atoms with van der Waals surface area (Å²) in [6.07, 6.45) is 0. The van der Waals surface area contributed by atoms with Gasteiger partial charge >= 0.3 is 0 Å². The summed E-state index contributed by atoms with van der Waals surface area (Å²) in [7, 11) is -1.29. The second-order valence-corrected chi connectivity index (χ2v) is 8.42. The molecule has 2 aromatic rings. The van der Waals surface area contributed by atoms with Crippen molar-refractivity contribution in [3.8, 4) is 6.07 Å². The summed E-state index contributed by atoms with van der Waals surface area (Å²) in [6.45, 7) is 1.24. The number of nitrogens with zero attached hydrogens (tertiary/aromatic N) is 4. The van der Waals surface area contributed by atoms with Crippen molar-refractivity contribution < 1.29 is 18.1 Å². The Hall–Kier alpha value is -3.29. The summed E-state index contributed by atoms with van der Waals surface area (Å²) in [4.78, 5) is 24.2. The predicted molar refractivity (Wildman–Crippen MR) is 105 cm³/mol. The Bertz CT molecular complexity index is 1080. The Morgan fingerprint density at radius 3 is 2.48 bits per heavy atom. The van der Waals surface area contributed by atoms with Crippen LogP contribution in [0.25, 0.3) is 0 Å². The lowest BCUT2D eigenvalue weighted by Gasteiger charge is -2.27. The first-order chi connectivity index (χ1) is 13.6. The molecule has 0 aromatic heterocycles. The first-order valence-electron chi connectivity index (χ1n) is 8.55. The highest BCUT2D eigenvalue weighted by molar-refractivity contribution is 7.89. The molecule has 0 heterocycles. The van der Waals surface area contributed by atoms with E-state index in [1.807, 2.05) is 6.07 Å². The molecular weight excluding hydrogens is 396 g/mol. The zero-order valence-electron chi connectivity index (χ0n) is 16.1. The van der Waals surface area contributed by atoms with Crippen LogP contribution in [0.15, 0.2) is 53.4 Å². The third-order valence-corrected chi connectivity index (χ3v) is 6.45. The molecule has 29 heavy (non-hydrogen) atoms. The largest absolute Gasteiger partial charge is 0.338 e. The minimum absolute atomic E-state index is 0.00915. The smallest absolute Gasteiger partial charge is 0.269 e. The Balaban J connectivity index is 2.19. The molecule has 0 aliphatic heterocycles. The normalized spacial score (nSPS) is 12.2. The number of sulfonamides is 1. The molecule has 1 atom stereocenters. The molecule has 0 bridgehead atoms. The second-order valence-electron chi connectivity index (χ2n) is 6.40. The van der Waals surface area contributed by atoms with Gasteiger partial charge in [-0.15, -0.1) is 0 Å². The van der Waals surface area contributed by atoms with Crippen molar-refractivity contribution in [3.05, 3.63) is 69.8 Å². The Labute approximate surface area is 169 Å². The molecule has 2 rings (SSSR count). The van der Waals surface area contributed by atoms with Crippen molar-refractivity contribution in [2.24, 2.45) is 0 Å². The second kappa shape index (κ2) is 8.81. The van der Waals surface area contributed by atoms with E-state index >= 15 is 0 Å². The zero-order valence-corrected chi connectivity index (χ0v) is 17.0.